The van der Waals surface area contributed by atoms with Crippen LogP contribution in [0.5, 0.6) is 5.75 Å². The zero-order valence-electron chi connectivity index (χ0n) is 33.0. The number of nitrogens with one attached hydrogen (secondary N) is 1. The normalized spacial score (nSPS) is 29.6. The van der Waals surface area contributed by atoms with Gasteiger partial charge in [0.05, 0.1) is 30.8 Å². The van der Waals surface area contributed by atoms with Crippen molar-refractivity contribution in [3.05, 3.63) is 70.0 Å². The second-order valence-corrected chi connectivity index (χ2v) is 19.0. The number of benzene rings is 2. The van der Waals surface area contributed by atoms with E-state index in [-0.39, 0.29) is 23.9 Å². The number of ether oxygens (including phenoxy) is 2. The van der Waals surface area contributed by atoms with E-state index < -0.39 is 44.4 Å². The monoisotopic (exact) mass is 813 g/mol. The van der Waals surface area contributed by atoms with E-state index in [1.807, 2.05) is 28.9 Å². The van der Waals surface area contributed by atoms with E-state index in [9.17, 15) is 18.0 Å². The molecule has 0 saturated carbocycles. The fraction of sp³-hybridized carbons (Fsp3) is 0.619. The van der Waals surface area contributed by atoms with E-state index in [0.29, 0.717) is 75.5 Å². The van der Waals surface area contributed by atoms with Crippen LogP contribution in [-0.2, 0) is 31.4 Å². The number of halogens is 2. The lowest BCUT2D eigenvalue weighted by atomic mass is 9.70. The fourth-order valence-corrected chi connectivity index (χ4v) is 10.9. The van der Waals surface area contributed by atoms with Crippen LogP contribution in [-0.4, -0.2) is 124 Å². The minimum absolute atomic E-state index is 0.0835. The van der Waals surface area contributed by atoms with Gasteiger partial charge in [-0.3, -0.25) is 19.4 Å². The van der Waals surface area contributed by atoms with Crippen LogP contribution in [0, 0.1) is 5.92 Å². The maximum absolute atomic E-state index is 17.1. The van der Waals surface area contributed by atoms with Crippen LogP contribution in [0.1, 0.15) is 80.8 Å². The van der Waals surface area contributed by atoms with Crippen molar-refractivity contribution in [1.29, 1.82) is 0 Å². The maximum atomic E-state index is 17.1. The van der Waals surface area contributed by atoms with Gasteiger partial charge < -0.3 is 19.3 Å². The molecule has 2 bridgehead atoms. The standard InChI is InChI=1S/C42H57ClFN5O6S/c1-4-16-47(19-18-46-20-22-54-23-21-46)41(51)39-36(44)13-9-29(2)30(3)56(52,53)45-40(50)32-10-14-38-37(25-32)48(26-34-8-6-17-49(34)39)27-42(28-55-38)15-5-7-31-24-33(43)11-12-35(31)42/h10-14,24-25,29-30,34,39H,4-9,15-23,26-28H2,1-3H3,(H,45,50)/b36-13-/t29-,30+,34-,39+,42-/m0/s1. The minimum atomic E-state index is -4.14. The Labute approximate surface area is 336 Å². The summed E-state index contributed by atoms with van der Waals surface area (Å²) in [6.45, 7) is 11.8. The smallest absolute Gasteiger partial charge is 0.264 e. The maximum Gasteiger partial charge on any atom is 0.264 e. The third-order valence-corrected chi connectivity index (χ3v) is 14.9. The minimum Gasteiger partial charge on any atom is -0.490 e. The lowest BCUT2D eigenvalue weighted by Crippen LogP contribution is -2.55. The molecule has 0 aromatic heterocycles. The number of nitrogens with zero attached hydrogens (tertiary/aromatic N) is 4. The molecule has 5 atom stereocenters. The number of sulfonamides is 1. The number of carbonyl (C=O) groups excluding carboxylic acids is 2. The van der Waals surface area contributed by atoms with E-state index >= 15 is 4.39 Å². The van der Waals surface area contributed by atoms with Gasteiger partial charge in [0.25, 0.3) is 5.91 Å². The molecule has 1 aliphatic carbocycles. The number of carbonyl (C=O) groups is 2. The number of rotatable bonds is 6. The fourth-order valence-electron chi connectivity index (χ4n) is 9.37. The van der Waals surface area contributed by atoms with Crippen LogP contribution < -0.4 is 14.4 Å². The van der Waals surface area contributed by atoms with Crippen molar-refractivity contribution in [3.63, 3.8) is 0 Å². The van der Waals surface area contributed by atoms with Crippen molar-refractivity contribution in [1.82, 2.24) is 19.4 Å². The number of hydrogen-bond donors (Lipinski definition) is 1. The molecule has 14 heteroatoms. The zero-order valence-corrected chi connectivity index (χ0v) is 34.6. The highest BCUT2D eigenvalue weighted by Crippen LogP contribution is 2.45. The van der Waals surface area contributed by atoms with Crippen LogP contribution in [0.2, 0.25) is 5.02 Å². The molecule has 1 spiro atoms. The number of amides is 2. The Hall–Kier alpha value is -3.23. The number of allylic oxidation sites excluding steroid dienone is 1. The zero-order chi connectivity index (χ0) is 39.6. The molecule has 11 nitrogen and oxygen atoms in total. The molecule has 2 amide bonds. The van der Waals surface area contributed by atoms with E-state index in [1.54, 1.807) is 25.1 Å². The van der Waals surface area contributed by atoms with Gasteiger partial charge in [-0.2, -0.15) is 0 Å². The molecule has 2 aromatic carbocycles. The summed E-state index contributed by atoms with van der Waals surface area (Å²) in [5.74, 6) is -1.50. The molecule has 4 heterocycles. The van der Waals surface area contributed by atoms with Gasteiger partial charge in [0.15, 0.2) is 0 Å². The first-order chi connectivity index (χ1) is 26.9. The van der Waals surface area contributed by atoms with Crippen LogP contribution in [0.3, 0.4) is 0 Å². The van der Waals surface area contributed by atoms with E-state index in [2.05, 4.69) is 20.6 Å². The first kappa shape index (κ1) is 40.9. The number of morpholine rings is 1. The Bertz CT molecular complexity index is 1910. The van der Waals surface area contributed by atoms with Gasteiger partial charge in [-0.25, -0.2) is 17.5 Å². The predicted molar refractivity (Wildman–Crippen MR) is 217 cm³/mol. The Morgan fingerprint density at radius 2 is 1.89 bits per heavy atom. The highest BCUT2D eigenvalue weighted by molar-refractivity contribution is 7.90. The molecule has 1 N–H and O–H groups in total. The first-order valence-electron chi connectivity index (χ1n) is 20.5. The highest BCUT2D eigenvalue weighted by Gasteiger charge is 2.45. The van der Waals surface area contributed by atoms with Crippen LogP contribution in [0.25, 0.3) is 0 Å². The molecule has 56 heavy (non-hydrogen) atoms. The largest absolute Gasteiger partial charge is 0.490 e. The lowest BCUT2D eigenvalue weighted by molar-refractivity contribution is -0.137. The molecule has 0 unspecified atom stereocenters. The van der Waals surface area contributed by atoms with Gasteiger partial charge in [-0.15, -0.1) is 0 Å². The van der Waals surface area contributed by atoms with Crippen LogP contribution >= 0.6 is 11.6 Å². The van der Waals surface area contributed by atoms with Gasteiger partial charge in [-0.05, 0) is 106 Å². The summed E-state index contributed by atoms with van der Waals surface area (Å²) in [6.07, 6.45) is 6.51. The first-order valence-corrected chi connectivity index (χ1v) is 22.4. The van der Waals surface area contributed by atoms with E-state index in [0.717, 1.165) is 51.6 Å². The molecule has 5 aliphatic rings. The Morgan fingerprint density at radius 3 is 2.68 bits per heavy atom. The Morgan fingerprint density at radius 1 is 1.09 bits per heavy atom. The average Bonchev–Trinajstić information content (AvgIpc) is 3.57. The summed E-state index contributed by atoms with van der Waals surface area (Å²) >= 11 is 6.48. The van der Waals surface area contributed by atoms with Crippen molar-refractivity contribution >= 4 is 39.1 Å². The van der Waals surface area contributed by atoms with Crippen molar-refractivity contribution in [2.75, 3.05) is 77.1 Å². The van der Waals surface area contributed by atoms with Crippen LogP contribution in [0.4, 0.5) is 10.1 Å². The van der Waals surface area contributed by atoms with Crippen molar-refractivity contribution in [3.8, 4) is 5.75 Å². The predicted octanol–water partition coefficient (Wildman–Crippen LogP) is 5.56. The molecule has 0 radical (unpaired) electrons. The summed E-state index contributed by atoms with van der Waals surface area (Å²) in [5, 5.41) is -0.324. The molecule has 2 aromatic rings. The summed E-state index contributed by atoms with van der Waals surface area (Å²) < 4.78 is 58.7. The van der Waals surface area contributed by atoms with Gasteiger partial charge >= 0.3 is 0 Å². The second kappa shape index (κ2) is 17.3. The van der Waals surface area contributed by atoms with Gasteiger partial charge in [0.1, 0.15) is 17.6 Å². The molecule has 7 rings (SSSR count). The Kier molecular flexibility index (Phi) is 12.7. The third-order valence-electron chi connectivity index (χ3n) is 12.8. The summed E-state index contributed by atoms with van der Waals surface area (Å²) in [6, 6.07) is 9.82. The van der Waals surface area contributed by atoms with Crippen LogP contribution in [0.15, 0.2) is 48.3 Å². The average molecular weight is 814 g/mol. The number of fused-ring (bicyclic) bond motifs is 4. The SMILES string of the molecule is CCCN(CCN1CCOCC1)C(=O)[C@H]1/C(F)=C/C[C@H](C)[C@@H](C)S(=O)(=O)NC(=O)c2ccc3c(c2)N(C[C@@H]2CCCN21)C[C@@]1(CCCc2cc(Cl)ccc21)CO3. The number of aryl methyl sites for hydroxylation is 1. The molecular weight excluding hydrogens is 757 g/mol. The number of hydrogen-bond acceptors (Lipinski definition) is 9. The lowest BCUT2D eigenvalue weighted by Gasteiger charge is -2.42. The highest BCUT2D eigenvalue weighted by atomic mass is 35.5. The van der Waals surface area contributed by atoms with Gasteiger partial charge in [0, 0.05) is 67.9 Å². The van der Waals surface area contributed by atoms with Crippen molar-refractivity contribution in [2.45, 2.75) is 88.5 Å². The van der Waals surface area contributed by atoms with Gasteiger partial charge in [0.2, 0.25) is 15.9 Å². The van der Waals surface area contributed by atoms with Gasteiger partial charge in [-0.1, -0.05) is 37.6 Å². The van der Waals surface area contributed by atoms with Crippen molar-refractivity contribution < 1.29 is 31.9 Å². The molecular formula is C42H57ClFN5O6S. The van der Waals surface area contributed by atoms with E-state index in [4.69, 9.17) is 21.1 Å². The second-order valence-electron chi connectivity index (χ2n) is 16.5. The summed E-state index contributed by atoms with van der Waals surface area (Å²) in [4.78, 5) is 36.9. The number of anilines is 1. The third kappa shape index (κ3) is 8.62. The molecule has 2 fully saturated rings. The summed E-state index contributed by atoms with van der Waals surface area (Å²) in [5.41, 5.74) is 2.84. The van der Waals surface area contributed by atoms with E-state index in [1.165, 1.54) is 24.1 Å². The Balaban J connectivity index is 1.30. The molecule has 2 saturated heterocycles. The molecule has 4 aliphatic heterocycles. The molecule has 306 valence electrons. The summed E-state index contributed by atoms with van der Waals surface area (Å²) in [7, 11) is -4.14. The quantitative estimate of drug-likeness (QED) is 0.401. The van der Waals surface area contributed by atoms with Crippen molar-refractivity contribution in [2.24, 2.45) is 5.92 Å². The topological polar surface area (TPSA) is 112 Å².